The molecule has 27 heavy (non-hydrogen) atoms. The number of nitrogens with zero attached hydrogens (tertiary/aromatic N) is 2. The van der Waals surface area contributed by atoms with Crippen LogP contribution >= 0.6 is 11.3 Å². The molecule has 0 saturated heterocycles. The fourth-order valence-corrected chi connectivity index (χ4v) is 4.60. The average molecular weight is 392 g/mol. The second kappa shape index (κ2) is 7.80. The molecule has 2 aromatic heterocycles. The molecule has 3 rings (SSSR count). The Morgan fingerprint density at radius 2 is 1.93 bits per heavy atom. The molecule has 1 unspecified atom stereocenters. The molecule has 7 nitrogen and oxygen atoms in total. The standard InChI is InChI=1S/C19H24N2O5S/c1-5-25-19(24)15-20-16-14(12-8-6-7-9-13(12)27-16)17(22)21(15)11(4)18(23)26-10(2)3/h10-11H,5-9H2,1-4H3. The minimum atomic E-state index is -0.977. The van der Waals surface area contributed by atoms with Crippen LogP contribution in [0.3, 0.4) is 0 Å². The van der Waals surface area contributed by atoms with Gasteiger partial charge >= 0.3 is 11.9 Å². The summed E-state index contributed by atoms with van der Waals surface area (Å²) in [6, 6.07) is -0.977. The van der Waals surface area contributed by atoms with Crippen molar-refractivity contribution in [2.45, 2.75) is 65.5 Å². The summed E-state index contributed by atoms with van der Waals surface area (Å²) < 4.78 is 11.5. The van der Waals surface area contributed by atoms with Gasteiger partial charge in [-0.2, -0.15) is 0 Å². The van der Waals surface area contributed by atoms with Gasteiger partial charge < -0.3 is 9.47 Å². The molecular formula is C19H24N2O5S. The Morgan fingerprint density at radius 3 is 2.59 bits per heavy atom. The SMILES string of the molecule is CCOC(=O)c1nc2sc3c(c2c(=O)n1C(C)C(=O)OC(C)C)CCCC3. The minimum absolute atomic E-state index is 0.151. The summed E-state index contributed by atoms with van der Waals surface area (Å²) in [6.45, 7) is 6.84. The normalized spacial score (nSPS) is 14.9. The van der Waals surface area contributed by atoms with E-state index in [-0.39, 0.29) is 24.1 Å². The lowest BCUT2D eigenvalue weighted by atomic mass is 9.97. The number of hydrogen-bond donors (Lipinski definition) is 0. The van der Waals surface area contributed by atoms with Crippen molar-refractivity contribution in [3.63, 3.8) is 0 Å². The predicted molar refractivity (Wildman–Crippen MR) is 102 cm³/mol. The predicted octanol–water partition coefficient (Wildman–Crippen LogP) is 3.03. The fourth-order valence-electron chi connectivity index (χ4n) is 3.35. The van der Waals surface area contributed by atoms with Gasteiger partial charge in [-0.1, -0.05) is 0 Å². The van der Waals surface area contributed by atoms with E-state index in [1.165, 1.54) is 11.3 Å². The molecule has 0 aromatic carbocycles. The van der Waals surface area contributed by atoms with Gasteiger partial charge in [-0.25, -0.2) is 14.6 Å². The highest BCUT2D eigenvalue weighted by Gasteiger charge is 2.30. The van der Waals surface area contributed by atoms with Gasteiger partial charge in [-0.15, -0.1) is 11.3 Å². The molecule has 0 N–H and O–H groups in total. The highest BCUT2D eigenvalue weighted by atomic mass is 32.1. The monoisotopic (exact) mass is 392 g/mol. The highest BCUT2D eigenvalue weighted by molar-refractivity contribution is 7.18. The summed E-state index contributed by atoms with van der Waals surface area (Å²) in [7, 11) is 0. The Balaban J connectivity index is 2.23. The lowest BCUT2D eigenvalue weighted by Gasteiger charge is -2.19. The highest BCUT2D eigenvalue weighted by Crippen LogP contribution is 2.34. The van der Waals surface area contributed by atoms with Gasteiger partial charge in [0.1, 0.15) is 10.9 Å². The van der Waals surface area contributed by atoms with Crippen LogP contribution in [0.25, 0.3) is 10.2 Å². The zero-order valence-corrected chi connectivity index (χ0v) is 16.9. The summed E-state index contributed by atoms with van der Waals surface area (Å²) in [5.74, 6) is -1.45. The smallest absolute Gasteiger partial charge is 0.374 e. The molecule has 1 aliphatic carbocycles. The number of carbonyl (C=O) groups excluding carboxylic acids is 2. The van der Waals surface area contributed by atoms with E-state index in [1.54, 1.807) is 27.7 Å². The summed E-state index contributed by atoms with van der Waals surface area (Å²) in [4.78, 5) is 44.4. The number of rotatable bonds is 5. The Hall–Kier alpha value is -2.22. The summed E-state index contributed by atoms with van der Waals surface area (Å²) in [5, 5.41) is 0.520. The zero-order chi connectivity index (χ0) is 19.7. The zero-order valence-electron chi connectivity index (χ0n) is 16.0. The van der Waals surface area contributed by atoms with Crippen molar-refractivity contribution in [2.75, 3.05) is 6.61 Å². The topological polar surface area (TPSA) is 87.5 Å². The van der Waals surface area contributed by atoms with Crippen LogP contribution in [0.15, 0.2) is 4.79 Å². The van der Waals surface area contributed by atoms with Gasteiger partial charge in [0.05, 0.1) is 18.1 Å². The van der Waals surface area contributed by atoms with E-state index in [1.807, 2.05) is 0 Å². The average Bonchev–Trinajstić information content (AvgIpc) is 2.99. The van der Waals surface area contributed by atoms with Crippen molar-refractivity contribution in [2.24, 2.45) is 0 Å². The van der Waals surface area contributed by atoms with Gasteiger partial charge in [0.25, 0.3) is 5.56 Å². The molecule has 1 atom stereocenters. The van der Waals surface area contributed by atoms with Gasteiger partial charge in [-0.05, 0) is 58.9 Å². The number of carbonyl (C=O) groups is 2. The molecule has 0 spiro atoms. The number of fused-ring (bicyclic) bond motifs is 3. The molecule has 146 valence electrons. The Morgan fingerprint density at radius 1 is 1.22 bits per heavy atom. The number of esters is 2. The number of ether oxygens (including phenoxy) is 2. The van der Waals surface area contributed by atoms with Crippen molar-refractivity contribution >= 4 is 33.5 Å². The molecule has 0 aliphatic heterocycles. The lowest BCUT2D eigenvalue weighted by molar-refractivity contribution is -0.151. The number of hydrogen-bond acceptors (Lipinski definition) is 7. The van der Waals surface area contributed by atoms with Crippen LogP contribution in [0.4, 0.5) is 0 Å². The maximum Gasteiger partial charge on any atom is 0.374 e. The van der Waals surface area contributed by atoms with Crippen molar-refractivity contribution in [1.82, 2.24) is 9.55 Å². The van der Waals surface area contributed by atoms with E-state index in [9.17, 15) is 14.4 Å². The Bertz CT molecular complexity index is 944. The number of aryl methyl sites for hydroxylation is 2. The van der Waals surface area contributed by atoms with E-state index in [0.717, 1.165) is 40.7 Å². The van der Waals surface area contributed by atoms with E-state index in [4.69, 9.17) is 9.47 Å². The molecule has 2 aromatic rings. The van der Waals surface area contributed by atoms with Crippen molar-refractivity contribution in [3.8, 4) is 0 Å². The van der Waals surface area contributed by atoms with E-state index >= 15 is 0 Å². The second-order valence-corrected chi connectivity index (χ2v) is 7.97. The third-order valence-corrected chi connectivity index (χ3v) is 5.74. The van der Waals surface area contributed by atoms with Crippen LogP contribution in [-0.4, -0.2) is 34.2 Å². The molecule has 0 saturated carbocycles. The van der Waals surface area contributed by atoms with Crippen LogP contribution in [0, 0.1) is 0 Å². The third-order valence-electron chi connectivity index (χ3n) is 4.56. The lowest BCUT2D eigenvalue weighted by Crippen LogP contribution is -2.35. The van der Waals surface area contributed by atoms with Crippen molar-refractivity contribution < 1.29 is 19.1 Å². The van der Waals surface area contributed by atoms with E-state index in [0.29, 0.717) is 10.2 Å². The first-order valence-electron chi connectivity index (χ1n) is 9.29. The largest absolute Gasteiger partial charge is 0.461 e. The molecular weight excluding hydrogens is 368 g/mol. The minimum Gasteiger partial charge on any atom is -0.461 e. The third kappa shape index (κ3) is 3.63. The van der Waals surface area contributed by atoms with Gasteiger partial charge in [-0.3, -0.25) is 9.36 Å². The maximum atomic E-state index is 13.3. The number of aromatic nitrogens is 2. The molecule has 1 aliphatic rings. The molecule has 8 heteroatoms. The van der Waals surface area contributed by atoms with E-state index in [2.05, 4.69) is 4.98 Å². The summed E-state index contributed by atoms with van der Waals surface area (Å²) in [5.41, 5.74) is 0.628. The van der Waals surface area contributed by atoms with Crippen LogP contribution in [-0.2, 0) is 27.1 Å². The summed E-state index contributed by atoms with van der Waals surface area (Å²) in [6.07, 6.45) is 3.50. The second-order valence-electron chi connectivity index (χ2n) is 6.88. The van der Waals surface area contributed by atoms with Crippen molar-refractivity contribution in [3.05, 3.63) is 26.6 Å². The van der Waals surface area contributed by atoms with Crippen LogP contribution in [0.1, 0.15) is 67.6 Å². The maximum absolute atomic E-state index is 13.3. The van der Waals surface area contributed by atoms with Crippen LogP contribution in [0.2, 0.25) is 0 Å². The first-order chi connectivity index (χ1) is 12.8. The quantitative estimate of drug-likeness (QED) is 0.727. The molecule has 0 radical (unpaired) electrons. The van der Waals surface area contributed by atoms with Crippen LogP contribution in [0.5, 0.6) is 0 Å². The first-order valence-corrected chi connectivity index (χ1v) is 10.1. The first kappa shape index (κ1) is 19.5. The number of thiophene rings is 1. The molecule has 0 fully saturated rings. The Kier molecular flexibility index (Phi) is 5.64. The molecule has 2 heterocycles. The molecule has 0 amide bonds. The Labute approximate surface area is 161 Å². The van der Waals surface area contributed by atoms with Crippen molar-refractivity contribution in [1.29, 1.82) is 0 Å². The fraction of sp³-hybridized carbons (Fsp3) is 0.579. The van der Waals surface area contributed by atoms with Gasteiger partial charge in [0.2, 0.25) is 5.82 Å². The summed E-state index contributed by atoms with van der Waals surface area (Å²) >= 11 is 1.45. The van der Waals surface area contributed by atoms with Gasteiger partial charge in [0, 0.05) is 4.88 Å². The van der Waals surface area contributed by atoms with E-state index < -0.39 is 18.0 Å². The molecule has 0 bridgehead atoms. The van der Waals surface area contributed by atoms with Crippen LogP contribution < -0.4 is 5.56 Å². The van der Waals surface area contributed by atoms with Gasteiger partial charge in [0.15, 0.2) is 0 Å².